The van der Waals surface area contributed by atoms with Gasteiger partial charge in [0.2, 0.25) is 0 Å². The second-order valence-electron chi connectivity index (χ2n) is 0.833. The fraction of sp³-hybridized carbons (Fsp3) is 0.500. The van der Waals surface area contributed by atoms with Gasteiger partial charge in [-0.2, -0.15) is 5.26 Å². The largest absolute Gasteiger partial charge is 0.396 e. The van der Waals surface area contributed by atoms with Crippen LogP contribution < -0.4 is 0 Å². The van der Waals surface area contributed by atoms with Crippen LogP contribution >= 0.6 is 0 Å². The Balaban J connectivity index is 2.54. The van der Waals surface area contributed by atoms with Gasteiger partial charge in [0.05, 0.1) is 6.07 Å². The van der Waals surface area contributed by atoms with Crippen LogP contribution in [0, 0.1) is 17.8 Å². The summed E-state index contributed by atoms with van der Waals surface area (Å²) < 4.78 is 0. The molecule has 0 aliphatic rings. The van der Waals surface area contributed by atoms with Gasteiger partial charge in [-0.1, -0.05) is 0 Å². The molecule has 0 aliphatic heterocycles. The van der Waals surface area contributed by atoms with Crippen LogP contribution in [-0.4, -0.2) is 11.7 Å². The van der Waals surface area contributed by atoms with Gasteiger partial charge in [-0.05, 0) is 0 Å². The van der Waals surface area contributed by atoms with E-state index in [-0.39, 0.29) is 6.61 Å². The maximum Gasteiger partial charge on any atom is 0.0625 e. The summed E-state index contributed by atoms with van der Waals surface area (Å²) in [5.74, 6) is 0. The van der Waals surface area contributed by atoms with Crippen molar-refractivity contribution < 1.29 is 5.11 Å². The van der Waals surface area contributed by atoms with Crippen LogP contribution in [0.3, 0.4) is 0 Å². The maximum atomic E-state index is 7.99. The summed E-state index contributed by atoms with van der Waals surface area (Å²) in [6.07, 6.45) is 1.84. The van der Waals surface area contributed by atoms with Gasteiger partial charge in [-0.3, -0.25) is 0 Å². The van der Waals surface area contributed by atoms with Crippen molar-refractivity contribution in [1.82, 2.24) is 0 Å². The summed E-state index contributed by atoms with van der Waals surface area (Å²) >= 11 is 0. The highest BCUT2D eigenvalue weighted by Crippen LogP contribution is 1.77. The van der Waals surface area contributed by atoms with Crippen LogP contribution in [-0.2, 0) is 0 Å². The summed E-state index contributed by atoms with van der Waals surface area (Å²) in [4.78, 5) is 0. The Morgan fingerprint density at radius 3 is 2.67 bits per heavy atom. The summed E-state index contributed by atoms with van der Waals surface area (Å²) in [5, 5.41) is 15.8. The quantitative estimate of drug-likeness (QED) is 0.482. The lowest BCUT2D eigenvalue weighted by Gasteiger charge is -1.76. The normalized spacial score (nSPS) is 7.33. The van der Waals surface area contributed by atoms with Crippen LogP contribution in [0.4, 0.5) is 0 Å². The van der Waals surface area contributed by atoms with Crippen molar-refractivity contribution in [1.29, 1.82) is 5.26 Å². The molecule has 0 bridgehead atoms. The Hall–Kier alpha value is -0.550. The molecular formula is C4H6NO. The van der Waals surface area contributed by atoms with Crippen molar-refractivity contribution in [2.45, 2.75) is 6.42 Å². The average molecular weight is 84.1 g/mol. The lowest BCUT2D eigenvalue weighted by Crippen LogP contribution is -1.78. The summed E-state index contributed by atoms with van der Waals surface area (Å²) in [5.41, 5.74) is 0. The molecule has 0 unspecified atom stereocenters. The first kappa shape index (κ1) is 5.45. The van der Waals surface area contributed by atoms with Gasteiger partial charge < -0.3 is 5.11 Å². The molecule has 2 heteroatoms. The van der Waals surface area contributed by atoms with Crippen LogP contribution in [0.1, 0.15) is 6.42 Å². The number of aliphatic hydroxyl groups excluding tert-OH is 1. The molecule has 0 aromatic carbocycles. The molecule has 0 fully saturated rings. The summed E-state index contributed by atoms with van der Waals surface area (Å²) in [6, 6.07) is 1.85. The van der Waals surface area contributed by atoms with Crippen molar-refractivity contribution in [2.75, 3.05) is 6.61 Å². The van der Waals surface area contributed by atoms with Gasteiger partial charge in [0.15, 0.2) is 0 Å². The molecule has 33 valence electrons. The molecule has 0 heterocycles. The third kappa shape index (κ3) is 3.45. The molecule has 1 N–H and O–H groups in total. The zero-order valence-corrected chi connectivity index (χ0v) is 3.39. The highest BCUT2D eigenvalue weighted by atomic mass is 16.2. The van der Waals surface area contributed by atoms with Gasteiger partial charge in [-0.15, -0.1) is 0 Å². The van der Waals surface area contributed by atoms with E-state index in [2.05, 4.69) is 0 Å². The Morgan fingerprint density at radius 1 is 1.83 bits per heavy atom. The molecule has 0 spiro atoms. The van der Waals surface area contributed by atoms with Crippen LogP contribution in [0.25, 0.3) is 0 Å². The zero-order chi connectivity index (χ0) is 4.83. The molecule has 0 aromatic rings. The zero-order valence-electron chi connectivity index (χ0n) is 3.39. The number of hydrogen-bond acceptors (Lipinski definition) is 2. The minimum atomic E-state index is 0.00750. The predicted molar refractivity (Wildman–Crippen MR) is 21.6 cm³/mol. The van der Waals surface area contributed by atoms with E-state index in [1.807, 2.05) is 6.07 Å². The van der Waals surface area contributed by atoms with Crippen molar-refractivity contribution >= 4 is 0 Å². The van der Waals surface area contributed by atoms with Gasteiger partial charge in [0.25, 0.3) is 0 Å². The lowest BCUT2D eigenvalue weighted by molar-refractivity contribution is 0.326. The van der Waals surface area contributed by atoms with Crippen molar-refractivity contribution in [2.24, 2.45) is 0 Å². The molecule has 2 nitrogen and oxygen atoms in total. The van der Waals surface area contributed by atoms with E-state index in [0.29, 0.717) is 6.42 Å². The predicted octanol–water partition coefficient (Wildman–Crippen LogP) is 0.0967. The van der Waals surface area contributed by atoms with E-state index in [4.69, 9.17) is 10.4 Å². The van der Waals surface area contributed by atoms with E-state index in [0.717, 1.165) is 0 Å². The van der Waals surface area contributed by atoms with Crippen molar-refractivity contribution in [3.63, 3.8) is 0 Å². The van der Waals surface area contributed by atoms with Crippen molar-refractivity contribution in [3.05, 3.63) is 6.42 Å². The molecule has 6 heavy (non-hydrogen) atoms. The van der Waals surface area contributed by atoms with Crippen LogP contribution in [0.2, 0.25) is 0 Å². The first-order valence-electron chi connectivity index (χ1n) is 1.71. The lowest BCUT2D eigenvalue weighted by atomic mass is 10.4. The van der Waals surface area contributed by atoms with E-state index in [1.165, 1.54) is 6.42 Å². The van der Waals surface area contributed by atoms with E-state index < -0.39 is 0 Å². The molecule has 0 saturated carbocycles. The summed E-state index contributed by atoms with van der Waals surface area (Å²) in [6.45, 7) is 0.00750. The highest BCUT2D eigenvalue weighted by Gasteiger charge is 1.76. The van der Waals surface area contributed by atoms with Crippen LogP contribution in [0.15, 0.2) is 0 Å². The summed E-state index contributed by atoms with van der Waals surface area (Å²) in [7, 11) is 0. The molecule has 0 atom stereocenters. The smallest absolute Gasteiger partial charge is 0.0625 e. The molecule has 0 aliphatic carbocycles. The monoisotopic (exact) mass is 84.0 g/mol. The number of nitriles is 1. The topological polar surface area (TPSA) is 44.0 Å². The first-order chi connectivity index (χ1) is 2.91. The fourth-order valence-corrected chi connectivity index (χ4v) is 0.129. The van der Waals surface area contributed by atoms with Crippen LogP contribution in [0.5, 0.6) is 0 Å². The number of unbranched alkanes of at least 4 members (excludes halogenated alkanes) is 1. The molecule has 0 amide bonds. The Morgan fingerprint density at radius 2 is 2.50 bits per heavy atom. The van der Waals surface area contributed by atoms with Gasteiger partial charge in [0.1, 0.15) is 0 Å². The number of nitrogens with zero attached hydrogens (tertiary/aromatic N) is 1. The second-order valence-corrected chi connectivity index (χ2v) is 0.833. The Labute approximate surface area is 37.0 Å². The Kier molecular flexibility index (Phi) is 4.04. The van der Waals surface area contributed by atoms with E-state index in [9.17, 15) is 0 Å². The van der Waals surface area contributed by atoms with Gasteiger partial charge in [-0.25, -0.2) is 0 Å². The van der Waals surface area contributed by atoms with E-state index in [1.54, 1.807) is 0 Å². The average Bonchev–Trinajstić information content (AvgIpc) is 1.61. The van der Waals surface area contributed by atoms with Gasteiger partial charge in [0, 0.05) is 19.4 Å². The molecular weight excluding hydrogens is 78.0 g/mol. The van der Waals surface area contributed by atoms with E-state index >= 15 is 0 Å². The Bertz CT molecular complexity index is 55.1. The third-order valence-corrected chi connectivity index (χ3v) is 0.365. The fourth-order valence-electron chi connectivity index (χ4n) is 0.129. The second kappa shape index (κ2) is 4.45. The molecule has 1 radical (unpaired) electrons. The van der Waals surface area contributed by atoms with Gasteiger partial charge >= 0.3 is 0 Å². The van der Waals surface area contributed by atoms with Crippen molar-refractivity contribution in [3.8, 4) is 6.07 Å². The standard InChI is InChI=1S/C4H6NO/c5-3-1-2-4-6/h2,6H,1,4H2. The number of rotatable bonds is 2. The number of hydrogen-bond donors (Lipinski definition) is 1. The SMILES string of the molecule is N#CC[CH]CO. The highest BCUT2D eigenvalue weighted by molar-refractivity contribution is 4.79. The molecule has 0 aromatic heterocycles. The molecule has 0 saturated heterocycles. The molecule has 0 rings (SSSR count). The minimum absolute atomic E-state index is 0.00750. The third-order valence-electron chi connectivity index (χ3n) is 0.365. The number of aliphatic hydroxyl groups is 1. The minimum Gasteiger partial charge on any atom is -0.396 e. The first-order valence-corrected chi connectivity index (χ1v) is 1.71. The maximum absolute atomic E-state index is 7.99.